The molecule has 1 N–H and O–H groups in total. The Morgan fingerprint density at radius 2 is 1.83 bits per heavy atom. The van der Waals surface area contributed by atoms with E-state index in [2.05, 4.69) is 9.88 Å². The summed E-state index contributed by atoms with van der Waals surface area (Å²) in [7, 11) is 3.85. The van der Waals surface area contributed by atoms with E-state index in [4.69, 9.17) is 4.98 Å². The molecule has 7 heteroatoms. The van der Waals surface area contributed by atoms with Crippen LogP contribution in [0.4, 0.5) is 5.82 Å². The van der Waals surface area contributed by atoms with Gasteiger partial charge in [0.25, 0.3) is 0 Å². The molecule has 6 rings (SSSR count). The molecule has 2 heterocycles. The number of hydrogen-bond acceptors (Lipinski definition) is 6. The van der Waals surface area contributed by atoms with Crippen molar-refractivity contribution in [3.8, 4) is 0 Å². The van der Waals surface area contributed by atoms with Crippen LogP contribution in [-0.2, 0) is 17.8 Å². The van der Waals surface area contributed by atoms with Crippen molar-refractivity contribution in [3.05, 3.63) is 17.6 Å². The lowest BCUT2D eigenvalue weighted by Crippen LogP contribution is -2.57. The van der Waals surface area contributed by atoms with Crippen molar-refractivity contribution in [2.75, 3.05) is 45.2 Å². The van der Waals surface area contributed by atoms with Crippen LogP contribution in [0.15, 0.2) is 6.33 Å². The van der Waals surface area contributed by atoms with E-state index in [0.717, 1.165) is 41.6 Å². The standard InChI is InChI=1S/C23H35N5O2/c1-26(2)13-21(30)27-4-3-19-20(12-27)24-14-25-23(19)28(5-6-29)22-17-8-15-7-16(10-17)11-18(22)9-15/h14-18,22,29H,3-13H2,1-2H3. The predicted octanol–water partition coefficient (Wildman–Crippen LogP) is 1.55. The lowest BCUT2D eigenvalue weighted by atomic mass is 9.54. The van der Waals surface area contributed by atoms with Gasteiger partial charge in [0.1, 0.15) is 12.1 Å². The maximum atomic E-state index is 12.6. The fourth-order valence-corrected chi connectivity index (χ4v) is 7.08. The third-order valence-corrected chi connectivity index (χ3v) is 7.94. The molecule has 1 amide bonds. The van der Waals surface area contributed by atoms with E-state index >= 15 is 0 Å². The highest BCUT2D eigenvalue weighted by molar-refractivity contribution is 5.78. The third-order valence-electron chi connectivity index (χ3n) is 7.94. The highest BCUT2D eigenvalue weighted by atomic mass is 16.3. The van der Waals surface area contributed by atoms with Crippen LogP contribution in [0, 0.1) is 23.7 Å². The average Bonchev–Trinajstić information content (AvgIpc) is 2.71. The van der Waals surface area contributed by atoms with Gasteiger partial charge in [0.15, 0.2) is 0 Å². The van der Waals surface area contributed by atoms with Gasteiger partial charge >= 0.3 is 0 Å². The van der Waals surface area contributed by atoms with Crippen molar-refractivity contribution in [1.29, 1.82) is 0 Å². The summed E-state index contributed by atoms with van der Waals surface area (Å²) >= 11 is 0. The highest BCUT2D eigenvalue weighted by Crippen LogP contribution is 2.55. The molecule has 164 valence electrons. The summed E-state index contributed by atoms with van der Waals surface area (Å²) in [6.07, 6.45) is 9.28. The van der Waals surface area contributed by atoms with Gasteiger partial charge in [0.05, 0.1) is 25.4 Å². The van der Waals surface area contributed by atoms with Crippen molar-refractivity contribution in [2.45, 2.75) is 51.1 Å². The number of anilines is 1. The van der Waals surface area contributed by atoms with Gasteiger partial charge in [-0.05, 0) is 76.3 Å². The molecule has 0 aromatic carbocycles. The van der Waals surface area contributed by atoms with Gasteiger partial charge in [0.2, 0.25) is 5.91 Å². The highest BCUT2D eigenvalue weighted by Gasteiger charge is 2.50. The molecular formula is C23H35N5O2. The zero-order valence-corrected chi connectivity index (χ0v) is 18.3. The molecule has 1 aliphatic heterocycles. The molecule has 5 aliphatic rings. The van der Waals surface area contributed by atoms with Gasteiger partial charge < -0.3 is 19.8 Å². The van der Waals surface area contributed by atoms with Crippen LogP contribution >= 0.6 is 0 Å². The minimum Gasteiger partial charge on any atom is -0.395 e. The topological polar surface area (TPSA) is 72.8 Å². The first-order valence-electron chi connectivity index (χ1n) is 11.7. The van der Waals surface area contributed by atoms with E-state index in [1.807, 2.05) is 23.9 Å². The van der Waals surface area contributed by atoms with Gasteiger partial charge in [-0.3, -0.25) is 4.79 Å². The zero-order valence-electron chi connectivity index (χ0n) is 18.3. The number of hydrogen-bond donors (Lipinski definition) is 1. The quantitative estimate of drug-likeness (QED) is 0.763. The Labute approximate surface area is 179 Å². The van der Waals surface area contributed by atoms with Gasteiger partial charge in [-0.15, -0.1) is 0 Å². The summed E-state index contributed by atoms with van der Waals surface area (Å²) in [6.45, 7) is 2.49. The van der Waals surface area contributed by atoms with E-state index in [9.17, 15) is 9.90 Å². The summed E-state index contributed by atoms with van der Waals surface area (Å²) in [4.78, 5) is 28.1. The molecule has 1 aromatic heterocycles. The fraction of sp³-hybridized carbons (Fsp3) is 0.783. The van der Waals surface area contributed by atoms with E-state index in [-0.39, 0.29) is 12.5 Å². The van der Waals surface area contributed by atoms with E-state index in [0.29, 0.717) is 32.2 Å². The van der Waals surface area contributed by atoms with Crippen LogP contribution in [0.2, 0.25) is 0 Å². The molecule has 4 aliphatic carbocycles. The lowest BCUT2D eigenvalue weighted by Gasteiger charge is -2.57. The van der Waals surface area contributed by atoms with Crippen molar-refractivity contribution < 1.29 is 9.90 Å². The fourth-order valence-electron chi connectivity index (χ4n) is 7.08. The van der Waals surface area contributed by atoms with Crippen LogP contribution in [0.3, 0.4) is 0 Å². The van der Waals surface area contributed by atoms with E-state index in [1.165, 1.54) is 37.7 Å². The largest absolute Gasteiger partial charge is 0.395 e. The summed E-state index contributed by atoms with van der Waals surface area (Å²) in [5.74, 6) is 4.50. The number of amides is 1. The second-order valence-electron chi connectivity index (χ2n) is 10.3. The smallest absolute Gasteiger partial charge is 0.237 e. The number of aliphatic hydroxyl groups is 1. The first-order valence-corrected chi connectivity index (χ1v) is 11.7. The summed E-state index contributed by atoms with van der Waals surface area (Å²) < 4.78 is 0. The van der Waals surface area contributed by atoms with Gasteiger partial charge in [-0.2, -0.15) is 0 Å². The van der Waals surface area contributed by atoms with Crippen molar-refractivity contribution in [1.82, 2.24) is 19.8 Å². The Morgan fingerprint density at radius 3 is 2.47 bits per heavy atom. The van der Waals surface area contributed by atoms with Gasteiger partial charge in [0, 0.05) is 24.7 Å². The van der Waals surface area contributed by atoms with Crippen LogP contribution in [0.1, 0.15) is 43.4 Å². The van der Waals surface area contributed by atoms with Crippen LogP contribution < -0.4 is 4.90 Å². The van der Waals surface area contributed by atoms with Crippen LogP contribution in [0.25, 0.3) is 0 Å². The van der Waals surface area contributed by atoms with Crippen molar-refractivity contribution in [2.24, 2.45) is 23.7 Å². The number of rotatable bonds is 6. The Balaban J connectivity index is 1.41. The van der Waals surface area contributed by atoms with Crippen molar-refractivity contribution >= 4 is 11.7 Å². The first-order chi connectivity index (χ1) is 14.5. The van der Waals surface area contributed by atoms with Gasteiger partial charge in [-0.25, -0.2) is 9.97 Å². The molecule has 0 spiro atoms. The van der Waals surface area contributed by atoms with Crippen LogP contribution in [-0.4, -0.2) is 77.2 Å². The molecule has 4 saturated carbocycles. The number of nitrogens with zero attached hydrogens (tertiary/aromatic N) is 5. The summed E-state index contributed by atoms with van der Waals surface area (Å²) in [6, 6.07) is 0.498. The average molecular weight is 414 g/mol. The molecule has 4 bridgehead atoms. The first kappa shape index (κ1) is 20.2. The molecule has 0 radical (unpaired) electrons. The minimum atomic E-state index is 0.148. The second-order valence-corrected chi connectivity index (χ2v) is 10.3. The number of aromatic nitrogens is 2. The zero-order chi connectivity index (χ0) is 20.8. The minimum absolute atomic E-state index is 0.148. The maximum Gasteiger partial charge on any atom is 0.237 e. The molecule has 0 unspecified atom stereocenters. The van der Waals surface area contributed by atoms with Crippen LogP contribution in [0.5, 0.6) is 0 Å². The molecule has 0 saturated heterocycles. The van der Waals surface area contributed by atoms with E-state index < -0.39 is 0 Å². The summed E-state index contributed by atoms with van der Waals surface area (Å²) in [5.41, 5.74) is 2.17. The van der Waals surface area contributed by atoms with E-state index in [1.54, 1.807) is 6.33 Å². The van der Waals surface area contributed by atoms with Crippen molar-refractivity contribution in [3.63, 3.8) is 0 Å². The number of fused-ring (bicyclic) bond motifs is 1. The number of carbonyl (C=O) groups excluding carboxylic acids is 1. The normalized spacial score (nSPS) is 31.9. The second kappa shape index (κ2) is 8.08. The molecule has 4 fully saturated rings. The number of likely N-dealkylation sites (N-methyl/N-ethyl adjacent to an activating group) is 1. The maximum absolute atomic E-state index is 12.6. The Bertz CT molecular complexity index is 770. The SMILES string of the molecule is CN(C)CC(=O)N1CCc2c(ncnc2N(CCO)C2C3CC4CC(C3)CC2C4)C1. The third kappa shape index (κ3) is 3.60. The number of aliphatic hydroxyl groups excluding tert-OH is 1. The Hall–Kier alpha value is -1.73. The lowest BCUT2D eigenvalue weighted by molar-refractivity contribution is -0.132. The van der Waals surface area contributed by atoms with Gasteiger partial charge in [-0.1, -0.05) is 0 Å². The Kier molecular flexibility index (Phi) is 5.44. The molecule has 0 atom stereocenters. The predicted molar refractivity (Wildman–Crippen MR) is 115 cm³/mol. The molecule has 7 nitrogen and oxygen atoms in total. The molecular weight excluding hydrogens is 378 g/mol. The molecule has 30 heavy (non-hydrogen) atoms. The Morgan fingerprint density at radius 1 is 1.13 bits per heavy atom. The molecule has 1 aromatic rings. The summed E-state index contributed by atoms with van der Waals surface area (Å²) in [5, 5.41) is 9.91. The number of carbonyl (C=O) groups is 1. The monoisotopic (exact) mass is 413 g/mol.